The molecule has 20 heavy (non-hydrogen) atoms. The van der Waals surface area contributed by atoms with E-state index in [2.05, 4.69) is 29.5 Å². The Labute approximate surface area is 120 Å². The van der Waals surface area contributed by atoms with Crippen LogP contribution in [0.4, 0.5) is 11.4 Å². The van der Waals surface area contributed by atoms with Gasteiger partial charge < -0.3 is 20.3 Å². The number of hydrogen-bond donors (Lipinski definition) is 2. The molecule has 1 aliphatic heterocycles. The number of likely N-dealkylation sites (N-methyl/N-ethyl adjacent to an activating group) is 1. The van der Waals surface area contributed by atoms with Crippen molar-refractivity contribution in [1.29, 1.82) is 0 Å². The van der Waals surface area contributed by atoms with Crippen molar-refractivity contribution >= 4 is 17.3 Å². The van der Waals surface area contributed by atoms with E-state index in [0.717, 1.165) is 18.7 Å². The summed E-state index contributed by atoms with van der Waals surface area (Å²) in [6.07, 6.45) is 1.13. The SMILES string of the molecule is COc1cc(NC2CC(C)N(C)C2)ccc1NC(C)=O. The molecule has 1 aliphatic rings. The van der Waals surface area contributed by atoms with Gasteiger partial charge >= 0.3 is 0 Å². The van der Waals surface area contributed by atoms with Gasteiger partial charge in [-0.15, -0.1) is 0 Å². The van der Waals surface area contributed by atoms with Crippen molar-refractivity contribution < 1.29 is 9.53 Å². The maximum atomic E-state index is 11.1. The van der Waals surface area contributed by atoms with E-state index in [1.807, 2.05) is 18.2 Å². The summed E-state index contributed by atoms with van der Waals surface area (Å²) in [6.45, 7) is 4.76. The molecule has 2 atom stereocenters. The fraction of sp³-hybridized carbons (Fsp3) is 0.533. The average Bonchev–Trinajstić information content (AvgIpc) is 2.69. The molecule has 0 aromatic heterocycles. The summed E-state index contributed by atoms with van der Waals surface area (Å²) in [7, 11) is 3.75. The smallest absolute Gasteiger partial charge is 0.221 e. The van der Waals surface area contributed by atoms with Crippen LogP contribution in [-0.2, 0) is 4.79 Å². The fourth-order valence-corrected chi connectivity index (χ4v) is 2.61. The molecule has 2 unspecified atom stereocenters. The molecule has 2 rings (SSSR count). The lowest BCUT2D eigenvalue weighted by molar-refractivity contribution is -0.114. The summed E-state index contributed by atoms with van der Waals surface area (Å²) in [5.41, 5.74) is 1.71. The van der Waals surface area contributed by atoms with E-state index >= 15 is 0 Å². The largest absolute Gasteiger partial charge is 0.494 e. The maximum Gasteiger partial charge on any atom is 0.221 e. The van der Waals surface area contributed by atoms with E-state index in [1.54, 1.807) is 7.11 Å². The number of hydrogen-bond acceptors (Lipinski definition) is 4. The average molecular weight is 277 g/mol. The summed E-state index contributed by atoms with van der Waals surface area (Å²) in [5.74, 6) is 0.569. The molecule has 1 saturated heterocycles. The number of amides is 1. The van der Waals surface area contributed by atoms with Crippen LogP contribution in [0.1, 0.15) is 20.3 Å². The third kappa shape index (κ3) is 3.42. The number of methoxy groups -OCH3 is 1. The number of carbonyl (C=O) groups excluding carboxylic acids is 1. The zero-order valence-electron chi connectivity index (χ0n) is 12.6. The van der Waals surface area contributed by atoms with E-state index in [1.165, 1.54) is 6.92 Å². The van der Waals surface area contributed by atoms with Gasteiger partial charge in [-0.2, -0.15) is 0 Å². The minimum atomic E-state index is -0.102. The number of ether oxygens (including phenoxy) is 1. The standard InChI is InChI=1S/C15H23N3O2/c1-10-7-13(9-18(10)3)17-12-5-6-14(16-11(2)19)15(8-12)20-4/h5-6,8,10,13,17H,7,9H2,1-4H3,(H,16,19). The Morgan fingerprint density at radius 3 is 2.75 bits per heavy atom. The van der Waals surface area contributed by atoms with Crippen molar-refractivity contribution in [2.24, 2.45) is 0 Å². The van der Waals surface area contributed by atoms with Crippen molar-refractivity contribution in [2.45, 2.75) is 32.4 Å². The Morgan fingerprint density at radius 2 is 2.20 bits per heavy atom. The summed E-state index contributed by atoms with van der Waals surface area (Å²) in [5, 5.41) is 6.28. The highest BCUT2D eigenvalue weighted by molar-refractivity contribution is 5.90. The molecule has 1 aromatic rings. The van der Waals surface area contributed by atoms with Crippen LogP contribution in [0.25, 0.3) is 0 Å². The van der Waals surface area contributed by atoms with E-state index in [4.69, 9.17) is 4.74 Å². The first-order valence-electron chi connectivity index (χ1n) is 6.92. The zero-order valence-corrected chi connectivity index (χ0v) is 12.6. The molecule has 1 amide bonds. The number of anilines is 2. The predicted molar refractivity (Wildman–Crippen MR) is 81.4 cm³/mol. The predicted octanol–water partition coefficient (Wildman–Crippen LogP) is 2.16. The van der Waals surface area contributed by atoms with Crippen molar-refractivity contribution in [3.8, 4) is 5.75 Å². The van der Waals surface area contributed by atoms with Crippen LogP contribution in [0.3, 0.4) is 0 Å². The fourth-order valence-electron chi connectivity index (χ4n) is 2.61. The van der Waals surface area contributed by atoms with Crippen molar-refractivity contribution in [2.75, 3.05) is 31.3 Å². The van der Waals surface area contributed by atoms with Crippen LogP contribution < -0.4 is 15.4 Å². The topological polar surface area (TPSA) is 53.6 Å². The van der Waals surface area contributed by atoms with Crippen LogP contribution in [-0.4, -0.2) is 43.6 Å². The van der Waals surface area contributed by atoms with Crippen molar-refractivity contribution in [3.63, 3.8) is 0 Å². The Bertz CT molecular complexity index is 480. The van der Waals surface area contributed by atoms with Crippen molar-refractivity contribution in [1.82, 2.24) is 4.90 Å². The second-order valence-corrected chi connectivity index (χ2v) is 5.46. The lowest BCUT2D eigenvalue weighted by atomic mass is 10.1. The molecule has 5 nitrogen and oxygen atoms in total. The Kier molecular flexibility index (Phi) is 4.49. The van der Waals surface area contributed by atoms with Gasteiger partial charge in [0, 0.05) is 37.3 Å². The van der Waals surface area contributed by atoms with E-state index in [9.17, 15) is 4.79 Å². The summed E-state index contributed by atoms with van der Waals surface area (Å²) in [4.78, 5) is 13.5. The van der Waals surface area contributed by atoms with Gasteiger partial charge in [-0.1, -0.05) is 0 Å². The molecule has 0 bridgehead atoms. The number of nitrogens with zero attached hydrogens (tertiary/aromatic N) is 1. The normalized spacial score (nSPS) is 22.6. The molecule has 0 radical (unpaired) electrons. The monoisotopic (exact) mass is 277 g/mol. The van der Waals surface area contributed by atoms with Gasteiger partial charge in [-0.3, -0.25) is 4.79 Å². The van der Waals surface area contributed by atoms with Crippen LogP contribution in [0, 0.1) is 0 Å². The second-order valence-electron chi connectivity index (χ2n) is 5.46. The van der Waals surface area contributed by atoms with E-state index in [-0.39, 0.29) is 5.91 Å². The molecular formula is C15H23N3O2. The highest BCUT2D eigenvalue weighted by atomic mass is 16.5. The minimum Gasteiger partial charge on any atom is -0.494 e. The van der Waals surface area contributed by atoms with Gasteiger partial charge in [0.05, 0.1) is 12.8 Å². The minimum absolute atomic E-state index is 0.102. The van der Waals surface area contributed by atoms with Crippen molar-refractivity contribution in [3.05, 3.63) is 18.2 Å². The van der Waals surface area contributed by atoms with Gasteiger partial charge in [0.1, 0.15) is 5.75 Å². The van der Waals surface area contributed by atoms with E-state index < -0.39 is 0 Å². The number of benzene rings is 1. The molecule has 0 spiro atoms. The van der Waals surface area contributed by atoms with E-state index in [0.29, 0.717) is 23.5 Å². The molecule has 0 aliphatic carbocycles. The highest BCUT2D eigenvalue weighted by Crippen LogP contribution is 2.29. The lowest BCUT2D eigenvalue weighted by Gasteiger charge is -2.16. The van der Waals surface area contributed by atoms with Crippen LogP contribution >= 0.6 is 0 Å². The molecule has 0 saturated carbocycles. The Balaban J connectivity index is 2.08. The summed E-state index contributed by atoms with van der Waals surface area (Å²) >= 11 is 0. The van der Waals surface area contributed by atoms with Gasteiger partial charge in [0.25, 0.3) is 0 Å². The second kappa shape index (κ2) is 6.13. The first kappa shape index (κ1) is 14.7. The first-order chi connectivity index (χ1) is 9.49. The Hall–Kier alpha value is -1.75. The lowest BCUT2D eigenvalue weighted by Crippen LogP contribution is -2.24. The third-order valence-corrected chi connectivity index (χ3v) is 3.77. The van der Waals surface area contributed by atoms with Crippen LogP contribution in [0.15, 0.2) is 18.2 Å². The molecule has 1 aromatic carbocycles. The number of likely N-dealkylation sites (tertiary alicyclic amines) is 1. The summed E-state index contributed by atoms with van der Waals surface area (Å²) in [6, 6.07) is 6.81. The third-order valence-electron chi connectivity index (χ3n) is 3.77. The molecule has 110 valence electrons. The first-order valence-corrected chi connectivity index (χ1v) is 6.92. The summed E-state index contributed by atoms with van der Waals surface area (Å²) < 4.78 is 5.33. The van der Waals surface area contributed by atoms with Crippen LogP contribution in [0.5, 0.6) is 5.75 Å². The number of nitrogens with one attached hydrogen (secondary N) is 2. The molecular weight excluding hydrogens is 254 g/mol. The number of rotatable bonds is 4. The molecule has 1 fully saturated rings. The molecule has 2 N–H and O–H groups in total. The van der Waals surface area contributed by atoms with Gasteiger partial charge in [0.15, 0.2) is 0 Å². The quantitative estimate of drug-likeness (QED) is 0.885. The highest BCUT2D eigenvalue weighted by Gasteiger charge is 2.25. The molecule has 5 heteroatoms. The van der Waals surface area contributed by atoms with Gasteiger partial charge in [-0.05, 0) is 32.5 Å². The zero-order chi connectivity index (χ0) is 14.7. The molecule has 1 heterocycles. The maximum absolute atomic E-state index is 11.1. The Morgan fingerprint density at radius 1 is 1.45 bits per heavy atom. The van der Waals surface area contributed by atoms with Gasteiger partial charge in [-0.25, -0.2) is 0 Å². The number of carbonyl (C=O) groups is 1. The van der Waals surface area contributed by atoms with Gasteiger partial charge in [0.2, 0.25) is 5.91 Å². The van der Waals surface area contributed by atoms with Crippen LogP contribution in [0.2, 0.25) is 0 Å².